The highest BCUT2D eigenvalue weighted by Crippen LogP contribution is 2.50. The lowest BCUT2D eigenvalue weighted by molar-refractivity contribution is 0.589. The summed E-state index contributed by atoms with van der Waals surface area (Å²) in [6.07, 6.45) is 0. The predicted molar refractivity (Wildman–Crippen MR) is 348 cm³/mol. The van der Waals surface area contributed by atoms with Gasteiger partial charge in [0.05, 0.1) is 5.69 Å². The number of furan rings is 1. The minimum absolute atomic E-state index is 0.00324. The molecule has 2 aliphatic heterocycles. The Kier molecular flexibility index (Phi) is 12.2. The molecule has 13 rings (SSSR count). The van der Waals surface area contributed by atoms with Crippen LogP contribution >= 0.6 is 0 Å². The zero-order valence-corrected chi connectivity index (χ0v) is 49.1. The van der Waals surface area contributed by atoms with E-state index in [2.05, 4.69) is 310 Å². The standard InChI is InChI=1S/C76H72BN3O/c1-73(2,3)52-30-35-56(36-31-52)78(65-27-18-16-25-60(65)49-21-14-13-15-22-49)59-39-41-63-67(48-59)80(58-24-20-23-50(43-58)51-29-40-62-61-26-17-19-28-70(61)81-71(62)44-51)69-47-55(76(10,11)12)46-68-72(69)77(63)64-45-54(75(7,8)9)34-42-66(64)79(68)57-37-32-53(33-38-57)74(4,5)6/h13-48H,1-12H3. The van der Waals surface area contributed by atoms with Gasteiger partial charge in [-0.05, 0) is 168 Å². The topological polar surface area (TPSA) is 22.9 Å². The van der Waals surface area contributed by atoms with Gasteiger partial charge in [0.2, 0.25) is 0 Å². The van der Waals surface area contributed by atoms with Crippen molar-refractivity contribution in [3.05, 3.63) is 241 Å². The smallest absolute Gasteiger partial charge is 0.252 e. The van der Waals surface area contributed by atoms with Gasteiger partial charge >= 0.3 is 0 Å². The maximum Gasteiger partial charge on any atom is 0.252 e. The number of nitrogens with zero attached hydrogens (tertiary/aromatic N) is 3. The summed E-state index contributed by atoms with van der Waals surface area (Å²) in [5, 5.41) is 2.26. The molecule has 81 heavy (non-hydrogen) atoms. The largest absolute Gasteiger partial charge is 0.456 e. The average Bonchev–Trinajstić information content (AvgIpc) is 3.56. The lowest BCUT2D eigenvalue weighted by Gasteiger charge is -2.45. The first kappa shape index (κ1) is 51.9. The van der Waals surface area contributed by atoms with Crippen LogP contribution in [0.15, 0.2) is 223 Å². The molecular formula is C76H72BN3O. The number of anilines is 9. The van der Waals surface area contributed by atoms with E-state index in [-0.39, 0.29) is 28.4 Å². The maximum absolute atomic E-state index is 6.52. The summed E-state index contributed by atoms with van der Waals surface area (Å²) in [7, 11) is 0. The number of hydrogen-bond donors (Lipinski definition) is 0. The molecule has 0 fully saturated rings. The molecular weight excluding hydrogens is 982 g/mol. The maximum atomic E-state index is 6.52. The van der Waals surface area contributed by atoms with Gasteiger partial charge in [0.1, 0.15) is 11.2 Å². The van der Waals surface area contributed by atoms with Crippen molar-refractivity contribution in [2.24, 2.45) is 0 Å². The van der Waals surface area contributed by atoms with Crippen molar-refractivity contribution in [2.75, 3.05) is 14.7 Å². The average molecular weight is 1050 g/mol. The van der Waals surface area contributed by atoms with E-state index in [1.54, 1.807) is 0 Å². The van der Waals surface area contributed by atoms with Crippen molar-refractivity contribution in [3.8, 4) is 22.3 Å². The van der Waals surface area contributed by atoms with Gasteiger partial charge < -0.3 is 19.1 Å². The normalized spacial score (nSPS) is 13.4. The highest BCUT2D eigenvalue weighted by Gasteiger charge is 2.45. The summed E-state index contributed by atoms with van der Waals surface area (Å²) in [6.45, 7) is 27.8. The second kappa shape index (κ2) is 19.1. The van der Waals surface area contributed by atoms with E-state index >= 15 is 0 Å². The van der Waals surface area contributed by atoms with Crippen LogP contribution in [0, 0.1) is 0 Å². The molecule has 0 saturated carbocycles. The van der Waals surface area contributed by atoms with Crippen molar-refractivity contribution in [3.63, 3.8) is 0 Å². The molecule has 4 nitrogen and oxygen atoms in total. The number of fused-ring (bicyclic) bond motifs is 7. The molecule has 2 aliphatic rings. The van der Waals surface area contributed by atoms with Gasteiger partial charge in [-0.25, -0.2) is 0 Å². The molecule has 400 valence electrons. The molecule has 0 radical (unpaired) electrons. The van der Waals surface area contributed by atoms with Crippen LogP contribution in [0.25, 0.3) is 44.2 Å². The van der Waals surface area contributed by atoms with E-state index < -0.39 is 0 Å². The summed E-state index contributed by atoms with van der Waals surface area (Å²) < 4.78 is 6.52. The van der Waals surface area contributed by atoms with E-state index in [4.69, 9.17) is 4.42 Å². The van der Waals surface area contributed by atoms with Gasteiger partial charge in [0.15, 0.2) is 0 Å². The molecule has 1 aromatic heterocycles. The summed E-state index contributed by atoms with van der Waals surface area (Å²) in [4.78, 5) is 7.64. The van der Waals surface area contributed by atoms with Crippen LogP contribution < -0.4 is 31.1 Å². The van der Waals surface area contributed by atoms with E-state index in [0.29, 0.717) is 0 Å². The van der Waals surface area contributed by atoms with Crippen molar-refractivity contribution < 1.29 is 4.42 Å². The van der Waals surface area contributed by atoms with Gasteiger partial charge in [-0.1, -0.05) is 210 Å². The molecule has 11 aromatic rings. The van der Waals surface area contributed by atoms with E-state index in [1.165, 1.54) is 61.3 Å². The van der Waals surface area contributed by atoms with E-state index in [0.717, 1.165) is 72.8 Å². The molecule has 0 saturated heterocycles. The molecule has 0 unspecified atom stereocenters. The molecule has 3 heterocycles. The number of benzene rings is 10. The third-order valence-electron chi connectivity index (χ3n) is 17.1. The first-order valence-corrected chi connectivity index (χ1v) is 28.9. The van der Waals surface area contributed by atoms with Crippen LogP contribution in [0.1, 0.15) is 105 Å². The van der Waals surface area contributed by atoms with Gasteiger partial charge in [0, 0.05) is 61.8 Å². The fourth-order valence-corrected chi connectivity index (χ4v) is 12.5. The Labute approximate surface area is 480 Å². The Morgan fingerprint density at radius 2 is 0.914 bits per heavy atom. The van der Waals surface area contributed by atoms with Crippen LogP contribution in [0.3, 0.4) is 0 Å². The van der Waals surface area contributed by atoms with Gasteiger partial charge in [-0.2, -0.15) is 0 Å². The molecule has 5 heteroatoms. The SMILES string of the molecule is CC(C)(C)c1ccc(N(c2ccc3c(c2)N(c2cccc(-c4ccc5c(c4)oc4ccccc45)c2)c2cc(C(C)(C)C)cc4c2B3c2cc(C(C)(C)C)ccc2N4c2ccc(C(C)(C)C)cc2)c2ccccc2-c2ccccc2)cc1. The summed E-state index contributed by atoms with van der Waals surface area (Å²) in [6, 6.07) is 82.2. The quantitative estimate of drug-likeness (QED) is 0.148. The fraction of sp³-hybridized carbons (Fsp3) is 0.211. The third kappa shape index (κ3) is 9.12. The molecule has 0 amide bonds. The predicted octanol–water partition coefficient (Wildman–Crippen LogP) is 19.7. The second-order valence-corrected chi connectivity index (χ2v) is 26.7. The first-order chi connectivity index (χ1) is 38.7. The molecule has 0 N–H and O–H groups in total. The summed E-state index contributed by atoms with van der Waals surface area (Å²) in [5.74, 6) is 0. The molecule has 10 aromatic carbocycles. The molecule has 0 atom stereocenters. The molecule has 0 bridgehead atoms. The number of hydrogen-bond acceptors (Lipinski definition) is 4. The Hall–Kier alpha value is -8.54. The van der Waals surface area contributed by atoms with Crippen molar-refractivity contribution in [1.82, 2.24) is 0 Å². The van der Waals surface area contributed by atoms with Crippen LogP contribution in [0.4, 0.5) is 51.2 Å². The lowest BCUT2D eigenvalue weighted by atomic mass is 9.33. The van der Waals surface area contributed by atoms with Gasteiger partial charge in [-0.15, -0.1) is 0 Å². The fourth-order valence-electron chi connectivity index (χ4n) is 12.5. The third-order valence-corrected chi connectivity index (χ3v) is 17.1. The zero-order valence-electron chi connectivity index (χ0n) is 49.1. The Morgan fingerprint density at radius 3 is 1.60 bits per heavy atom. The molecule has 0 spiro atoms. The van der Waals surface area contributed by atoms with Crippen molar-refractivity contribution in [2.45, 2.75) is 105 Å². The zero-order chi connectivity index (χ0) is 56.3. The highest BCUT2D eigenvalue weighted by atomic mass is 16.3. The van der Waals surface area contributed by atoms with Gasteiger partial charge in [0.25, 0.3) is 6.71 Å². The number of para-hydroxylation sites is 2. The summed E-state index contributed by atoms with van der Waals surface area (Å²) >= 11 is 0. The van der Waals surface area contributed by atoms with Crippen LogP contribution in [0.5, 0.6) is 0 Å². The van der Waals surface area contributed by atoms with Crippen molar-refractivity contribution in [1.29, 1.82) is 0 Å². The Balaban J connectivity index is 1.10. The minimum Gasteiger partial charge on any atom is -0.456 e. The monoisotopic (exact) mass is 1050 g/mol. The van der Waals surface area contributed by atoms with Crippen LogP contribution in [-0.2, 0) is 21.7 Å². The molecule has 0 aliphatic carbocycles. The Morgan fingerprint density at radius 1 is 0.346 bits per heavy atom. The van der Waals surface area contributed by atoms with Gasteiger partial charge in [-0.3, -0.25) is 0 Å². The van der Waals surface area contributed by atoms with E-state index in [1.807, 2.05) is 6.07 Å². The second-order valence-electron chi connectivity index (χ2n) is 26.7. The number of rotatable bonds is 7. The van der Waals surface area contributed by atoms with E-state index in [9.17, 15) is 0 Å². The Bertz CT molecular complexity index is 4220. The van der Waals surface area contributed by atoms with Crippen LogP contribution in [0.2, 0.25) is 0 Å². The first-order valence-electron chi connectivity index (χ1n) is 28.9. The highest BCUT2D eigenvalue weighted by molar-refractivity contribution is 7.00. The summed E-state index contributed by atoms with van der Waals surface area (Å²) in [5.41, 5.74) is 25.5. The minimum atomic E-state index is -0.187. The van der Waals surface area contributed by atoms with Crippen molar-refractivity contribution >= 4 is 96.2 Å². The lowest BCUT2D eigenvalue weighted by Crippen LogP contribution is -2.61. The van der Waals surface area contributed by atoms with Crippen LogP contribution in [-0.4, -0.2) is 6.71 Å².